The summed E-state index contributed by atoms with van der Waals surface area (Å²) >= 11 is 1.44. The predicted octanol–water partition coefficient (Wildman–Crippen LogP) is 4.19. The second kappa shape index (κ2) is 9.93. The highest BCUT2D eigenvalue weighted by Gasteiger charge is 2.29. The van der Waals surface area contributed by atoms with Crippen LogP contribution in [0.25, 0.3) is 0 Å². The molecule has 0 spiro atoms. The van der Waals surface area contributed by atoms with Gasteiger partial charge in [-0.3, -0.25) is 9.59 Å². The third-order valence-electron chi connectivity index (χ3n) is 5.46. The smallest absolute Gasteiger partial charge is 0.254 e. The predicted molar refractivity (Wildman–Crippen MR) is 118 cm³/mol. The van der Waals surface area contributed by atoms with Gasteiger partial charge in [0.15, 0.2) is 5.13 Å². The van der Waals surface area contributed by atoms with Gasteiger partial charge >= 0.3 is 0 Å². The molecule has 2 aromatic rings. The molecule has 1 fully saturated rings. The van der Waals surface area contributed by atoms with Crippen LogP contribution in [0.1, 0.15) is 53.0 Å². The summed E-state index contributed by atoms with van der Waals surface area (Å²) in [5.41, 5.74) is 1.35. The van der Waals surface area contributed by atoms with Crippen LogP contribution < -0.4 is 14.8 Å². The maximum Gasteiger partial charge on any atom is 0.254 e. The minimum Gasteiger partial charge on any atom is -0.497 e. The van der Waals surface area contributed by atoms with E-state index in [4.69, 9.17) is 9.47 Å². The lowest BCUT2D eigenvalue weighted by Gasteiger charge is -2.34. The Morgan fingerprint density at radius 1 is 1.10 bits per heavy atom. The number of rotatable bonds is 7. The summed E-state index contributed by atoms with van der Waals surface area (Å²) in [7, 11) is 3.10. The molecule has 1 aliphatic rings. The van der Waals surface area contributed by atoms with Gasteiger partial charge in [-0.1, -0.05) is 19.3 Å². The number of aryl methyl sites for hydroxylation is 2. The van der Waals surface area contributed by atoms with Gasteiger partial charge in [0.05, 0.1) is 19.9 Å². The Hall–Kier alpha value is -2.61. The van der Waals surface area contributed by atoms with Crippen molar-refractivity contribution in [2.75, 3.05) is 26.1 Å². The molecule has 2 amide bonds. The van der Waals surface area contributed by atoms with E-state index in [9.17, 15) is 9.59 Å². The minimum atomic E-state index is -0.238. The molecule has 7 nitrogen and oxygen atoms in total. The molecular formula is C22H29N3O4S. The third kappa shape index (κ3) is 5.30. The molecule has 0 aliphatic heterocycles. The molecule has 0 atom stereocenters. The second-order valence-electron chi connectivity index (χ2n) is 7.54. The second-order valence-corrected chi connectivity index (χ2v) is 8.74. The summed E-state index contributed by atoms with van der Waals surface area (Å²) in [6.07, 6.45) is 5.07. The van der Waals surface area contributed by atoms with Crippen LogP contribution in [-0.2, 0) is 4.79 Å². The molecule has 1 saturated carbocycles. The zero-order chi connectivity index (χ0) is 21.7. The SMILES string of the molecule is COc1cc(OC)cc(C(=O)N(CC(=O)Nc2nc(C)c(C)s2)C2CCCCC2)c1. The Bertz CT molecular complexity index is 864. The van der Waals surface area contributed by atoms with E-state index in [-0.39, 0.29) is 24.4 Å². The number of hydrogen-bond acceptors (Lipinski definition) is 6. The number of carbonyl (C=O) groups is 2. The molecule has 1 N–H and O–H groups in total. The molecule has 0 bridgehead atoms. The number of carbonyl (C=O) groups excluding carboxylic acids is 2. The summed E-state index contributed by atoms with van der Waals surface area (Å²) in [5.74, 6) is 0.650. The van der Waals surface area contributed by atoms with Gasteiger partial charge in [0.25, 0.3) is 5.91 Å². The molecule has 162 valence electrons. The number of aromatic nitrogens is 1. The molecule has 1 aromatic heterocycles. The summed E-state index contributed by atoms with van der Waals surface area (Å²) in [4.78, 5) is 33.4. The van der Waals surface area contributed by atoms with Gasteiger partial charge in [0.2, 0.25) is 5.91 Å². The molecule has 0 saturated heterocycles. The number of nitrogens with one attached hydrogen (secondary N) is 1. The average molecular weight is 432 g/mol. The van der Waals surface area contributed by atoms with Crippen molar-refractivity contribution in [3.05, 3.63) is 34.3 Å². The normalized spacial score (nSPS) is 14.3. The molecule has 1 heterocycles. The van der Waals surface area contributed by atoms with Gasteiger partial charge in [-0.05, 0) is 38.8 Å². The molecular weight excluding hydrogens is 402 g/mol. The van der Waals surface area contributed by atoms with E-state index in [0.717, 1.165) is 42.7 Å². The van der Waals surface area contributed by atoms with Gasteiger partial charge in [-0.2, -0.15) is 0 Å². The maximum atomic E-state index is 13.4. The molecule has 8 heteroatoms. The zero-order valence-corrected chi connectivity index (χ0v) is 18.8. The Balaban J connectivity index is 1.83. The summed E-state index contributed by atoms with van der Waals surface area (Å²) in [6, 6.07) is 5.13. The molecule has 0 radical (unpaired) electrons. The van der Waals surface area contributed by atoms with Crippen LogP contribution in [0.5, 0.6) is 11.5 Å². The number of benzene rings is 1. The summed E-state index contributed by atoms with van der Waals surface area (Å²) < 4.78 is 10.6. The first-order valence-electron chi connectivity index (χ1n) is 10.2. The number of anilines is 1. The molecule has 3 rings (SSSR count). The Morgan fingerprint density at radius 3 is 2.27 bits per heavy atom. The summed E-state index contributed by atoms with van der Waals surface area (Å²) in [5, 5.41) is 3.41. The van der Waals surface area contributed by atoms with Crippen molar-refractivity contribution < 1.29 is 19.1 Å². The van der Waals surface area contributed by atoms with Crippen molar-refractivity contribution in [1.82, 2.24) is 9.88 Å². The molecule has 0 unspecified atom stereocenters. The summed E-state index contributed by atoms with van der Waals surface area (Å²) in [6.45, 7) is 3.87. The van der Waals surface area contributed by atoms with Gasteiger partial charge in [-0.15, -0.1) is 11.3 Å². The Morgan fingerprint density at radius 2 is 1.73 bits per heavy atom. The first kappa shape index (κ1) is 22.1. The van der Waals surface area contributed by atoms with Crippen molar-refractivity contribution in [3.63, 3.8) is 0 Å². The van der Waals surface area contributed by atoms with Crippen LogP contribution in [0.2, 0.25) is 0 Å². The largest absolute Gasteiger partial charge is 0.497 e. The van der Waals surface area contributed by atoms with Crippen LogP contribution in [-0.4, -0.2) is 48.5 Å². The van der Waals surface area contributed by atoms with Crippen LogP contribution in [0, 0.1) is 13.8 Å². The van der Waals surface area contributed by atoms with Crippen LogP contribution in [0.3, 0.4) is 0 Å². The Kier molecular flexibility index (Phi) is 7.31. The minimum absolute atomic E-state index is 0.0132. The third-order valence-corrected chi connectivity index (χ3v) is 6.45. The average Bonchev–Trinajstić information content (AvgIpc) is 3.08. The topological polar surface area (TPSA) is 80.8 Å². The van der Waals surface area contributed by atoms with E-state index < -0.39 is 0 Å². The van der Waals surface area contributed by atoms with E-state index in [2.05, 4.69) is 10.3 Å². The molecule has 30 heavy (non-hydrogen) atoms. The van der Waals surface area contributed by atoms with Gasteiger partial charge in [0.1, 0.15) is 18.0 Å². The van der Waals surface area contributed by atoms with Crippen molar-refractivity contribution >= 4 is 28.3 Å². The van der Waals surface area contributed by atoms with Crippen molar-refractivity contribution in [1.29, 1.82) is 0 Å². The van der Waals surface area contributed by atoms with E-state index in [1.807, 2.05) is 13.8 Å². The number of hydrogen-bond donors (Lipinski definition) is 1. The van der Waals surface area contributed by atoms with Crippen molar-refractivity contribution in [2.24, 2.45) is 0 Å². The number of methoxy groups -OCH3 is 2. The monoisotopic (exact) mass is 431 g/mol. The number of nitrogens with zero attached hydrogens (tertiary/aromatic N) is 2. The Labute approximate surface area is 181 Å². The number of amides is 2. The fourth-order valence-electron chi connectivity index (χ4n) is 3.70. The lowest BCUT2D eigenvalue weighted by molar-refractivity contribution is -0.117. The first-order chi connectivity index (χ1) is 14.4. The van der Waals surface area contributed by atoms with Crippen molar-refractivity contribution in [3.8, 4) is 11.5 Å². The first-order valence-corrected chi connectivity index (χ1v) is 11.0. The quantitative estimate of drug-likeness (QED) is 0.711. The van der Waals surface area contributed by atoms with Crippen molar-refractivity contribution in [2.45, 2.75) is 52.0 Å². The van der Waals surface area contributed by atoms with E-state index in [0.29, 0.717) is 22.2 Å². The van der Waals surface area contributed by atoms with Crippen LogP contribution in [0.4, 0.5) is 5.13 Å². The van der Waals surface area contributed by atoms with Crippen LogP contribution >= 0.6 is 11.3 Å². The van der Waals surface area contributed by atoms with E-state index >= 15 is 0 Å². The standard InChI is InChI=1S/C22H29N3O4S/c1-14-15(2)30-22(23-14)24-20(26)13-25(17-8-6-5-7-9-17)21(27)16-10-18(28-3)12-19(11-16)29-4/h10-12,17H,5-9,13H2,1-4H3,(H,23,24,26). The highest BCUT2D eigenvalue weighted by molar-refractivity contribution is 7.15. The lowest BCUT2D eigenvalue weighted by Crippen LogP contribution is -2.45. The van der Waals surface area contributed by atoms with Gasteiger partial charge in [-0.25, -0.2) is 4.98 Å². The fourth-order valence-corrected chi connectivity index (χ4v) is 4.53. The van der Waals surface area contributed by atoms with E-state index in [1.54, 1.807) is 37.3 Å². The van der Waals surface area contributed by atoms with Crippen LogP contribution in [0.15, 0.2) is 18.2 Å². The maximum absolute atomic E-state index is 13.4. The molecule has 1 aliphatic carbocycles. The highest BCUT2D eigenvalue weighted by Crippen LogP contribution is 2.28. The fraction of sp³-hybridized carbons (Fsp3) is 0.500. The van der Waals surface area contributed by atoms with Gasteiger partial charge < -0.3 is 19.7 Å². The van der Waals surface area contributed by atoms with E-state index in [1.165, 1.54) is 11.3 Å². The molecule has 1 aromatic carbocycles. The number of ether oxygens (including phenoxy) is 2. The highest BCUT2D eigenvalue weighted by atomic mass is 32.1. The van der Waals surface area contributed by atoms with Gasteiger partial charge in [0, 0.05) is 22.5 Å². The lowest BCUT2D eigenvalue weighted by atomic mass is 9.93. The zero-order valence-electron chi connectivity index (χ0n) is 18.0. The number of thiazole rings is 1.